The number of nitrogens with one attached hydrogen (secondary N) is 1. The number of rotatable bonds is 19. The van der Waals surface area contributed by atoms with Gasteiger partial charge in [-0.2, -0.15) is 5.10 Å². The van der Waals surface area contributed by atoms with Gasteiger partial charge in [-0.1, -0.05) is 114 Å². The van der Waals surface area contributed by atoms with E-state index < -0.39 is 0 Å². The zero-order chi connectivity index (χ0) is 25.0. The van der Waals surface area contributed by atoms with Crippen molar-refractivity contribution in [3.05, 3.63) is 65.2 Å². The molecule has 4 heteroatoms. The van der Waals surface area contributed by atoms with E-state index >= 15 is 0 Å². The number of amides is 1. The van der Waals surface area contributed by atoms with Gasteiger partial charge in [0.05, 0.1) is 6.21 Å². The van der Waals surface area contributed by atoms with Gasteiger partial charge in [-0.25, -0.2) is 5.43 Å². The first-order chi connectivity index (χ1) is 17.2. The van der Waals surface area contributed by atoms with Gasteiger partial charge >= 0.3 is 0 Å². The van der Waals surface area contributed by atoms with Crippen molar-refractivity contribution in [1.82, 2.24) is 5.43 Å². The summed E-state index contributed by atoms with van der Waals surface area (Å²) in [6.45, 7) is 4.89. The van der Waals surface area contributed by atoms with E-state index in [0.29, 0.717) is 13.0 Å². The van der Waals surface area contributed by atoms with E-state index in [-0.39, 0.29) is 5.91 Å². The van der Waals surface area contributed by atoms with Crippen LogP contribution in [0.5, 0.6) is 5.75 Å². The molecule has 0 fully saturated rings. The Labute approximate surface area is 213 Å². The third kappa shape index (κ3) is 14.4. The average molecular weight is 479 g/mol. The molecule has 0 aliphatic carbocycles. The summed E-state index contributed by atoms with van der Waals surface area (Å²) in [4.78, 5) is 12.0. The van der Waals surface area contributed by atoms with Gasteiger partial charge in [-0.15, -0.1) is 0 Å². The van der Waals surface area contributed by atoms with Crippen LogP contribution in [-0.4, -0.2) is 12.1 Å². The van der Waals surface area contributed by atoms with Crippen LogP contribution in [0.15, 0.2) is 53.6 Å². The standard InChI is InChI=1S/C31H46N2O2/c1-3-4-5-6-7-8-9-10-11-12-13-14-15-16-31(34)33-32-25-28-21-23-30(24-22-28)35-26-29-19-17-27(2)18-20-29/h17-25H,3-16,26H2,1-2H3,(H,33,34). The number of carbonyl (C=O) groups excluding carboxylic acids is 1. The van der Waals surface area contributed by atoms with Crippen molar-refractivity contribution < 1.29 is 9.53 Å². The Morgan fingerprint density at radius 2 is 1.31 bits per heavy atom. The van der Waals surface area contributed by atoms with Crippen LogP contribution in [0.4, 0.5) is 0 Å². The maximum Gasteiger partial charge on any atom is 0.240 e. The Kier molecular flexibility index (Phi) is 15.3. The number of aryl methyl sites for hydroxylation is 1. The number of unbranched alkanes of at least 4 members (excludes halogenated alkanes) is 12. The normalized spacial score (nSPS) is 11.1. The second-order valence-electron chi connectivity index (χ2n) is 9.63. The van der Waals surface area contributed by atoms with Crippen molar-refractivity contribution in [1.29, 1.82) is 0 Å². The molecule has 4 nitrogen and oxygen atoms in total. The molecule has 0 spiro atoms. The zero-order valence-corrected chi connectivity index (χ0v) is 22.1. The first-order valence-electron chi connectivity index (χ1n) is 13.8. The van der Waals surface area contributed by atoms with E-state index in [0.717, 1.165) is 29.7 Å². The van der Waals surface area contributed by atoms with Crippen LogP contribution in [0.3, 0.4) is 0 Å². The van der Waals surface area contributed by atoms with E-state index in [1.807, 2.05) is 24.3 Å². The lowest BCUT2D eigenvalue weighted by Crippen LogP contribution is -2.16. The highest BCUT2D eigenvalue weighted by Gasteiger charge is 2.00. The lowest BCUT2D eigenvalue weighted by molar-refractivity contribution is -0.121. The zero-order valence-electron chi connectivity index (χ0n) is 22.1. The Morgan fingerprint density at radius 3 is 1.89 bits per heavy atom. The molecular formula is C31H46N2O2. The molecule has 0 aliphatic heterocycles. The summed E-state index contributed by atoms with van der Waals surface area (Å²) in [5.41, 5.74) is 5.95. The van der Waals surface area contributed by atoms with Crippen molar-refractivity contribution in [3.8, 4) is 5.75 Å². The molecule has 1 amide bonds. The molecule has 2 aromatic rings. The summed E-state index contributed by atoms with van der Waals surface area (Å²) in [5.74, 6) is 0.802. The predicted molar refractivity (Wildman–Crippen MR) is 148 cm³/mol. The smallest absolute Gasteiger partial charge is 0.240 e. The van der Waals surface area contributed by atoms with Crippen molar-refractivity contribution in [2.45, 2.75) is 110 Å². The molecule has 1 N–H and O–H groups in total. The fourth-order valence-corrected chi connectivity index (χ4v) is 4.04. The van der Waals surface area contributed by atoms with Gasteiger partial charge in [-0.3, -0.25) is 4.79 Å². The number of carbonyl (C=O) groups is 1. The first kappa shape index (κ1) is 28.6. The predicted octanol–water partition coefficient (Wildman–Crippen LogP) is 8.51. The summed E-state index contributed by atoms with van der Waals surface area (Å²) < 4.78 is 5.83. The Bertz CT molecular complexity index is 828. The number of benzene rings is 2. The van der Waals surface area contributed by atoms with E-state index in [1.54, 1.807) is 6.21 Å². The number of hydrogen-bond donors (Lipinski definition) is 1. The Hall–Kier alpha value is -2.62. The molecule has 0 saturated heterocycles. The highest BCUT2D eigenvalue weighted by molar-refractivity contribution is 5.82. The third-order valence-corrected chi connectivity index (χ3v) is 6.32. The minimum absolute atomic E-state index is 0.0117. The summed E-state index contributed by atoms with van der Waals surface area (Å²) in [6.07, 6.45) is 19.2. The van der Waals surface area contributed by atoms with Crippen molar-refractivity contribution in [3.63, 3.8) is 0 Å². The fourth-order valence-electron chi connectivity index (χ4n) is 4.04. The molecule has 0 aromatic heterocycles. The van der Waals surface area contributed by atoms with Gasteiger partial charge in [-0.05, 0) is 48.7 Å². The monoisotopic (exact) mass is 478 g/mol. The van der Waals surface area contributed by atoms with Crippen LogP contribution >= 0.6 is 0 Å². The SMILES string of the molecule is CCCCCCCCCCCCCCCC(=O)NN=Cc1ccc(OCc2ccc(C)cc2)cc1. The van der Waals surface area contributed by atoms with Crippen LogP contribution in [-0.2, 0) is 11.4 Å². The van der Waals surface area contributed by atoms with Gasteiger partial charge in [0.15, 0.2) is 0 Å². The minimum atomic E-state index is -0.0117. The number of nitrogens with zero attached hydrogens (tertiary/aromatic N) is 1. The van der Waals surface area contributed by atoms with Crippen LogP contribution in [0.25, 0.3) is 0 Å². The topological polar surface area (TPSA) is 50.7 Å². The van der Waals surface area contributed by atoms with Crippen LogP contribution in [0.1, 0.15) is 114 Å². The molecule has 0 heterocycles. The van der Waals surface area contributed by atoms with Crippen LogP contribution < -0.4 is 10.2 Å². The van der Waals surface area contributed by atoms with Crippen molar-refractivity contribution in [2.24, 2.45) is 5.10 Å². The van der Waals surface area contributed by atoms with E-state index in [2.05, 4.69) is 48.6 Å². The highest BCUT2D eigenvalue weighted by atomic mass is 16.5. The summed E-state index contributed by atoms with van der Waals surface area (Å²) in [6, 6.07) is 16.1. The highest BCUT2D eigenvalue weighted by Crippen LogP contribution is 2.15. The molecular weight excluding hydrogens is 432 g/mol. The molecule has 35 heavy (non-hydrogen) atoms. The van der Waals surface area contributed by atoms with Crippen LogP contribution in [0.2, 0.25) is 0 Å². The maximum absolute atomic E-state index is 12.0. The molecule has 0 radical (unpaired) electrons. The number of hydrazone groups is 1. The lowest BCUT2D eigenvalue weighted by Gasteiger charge is -2.07. The molecule has 0 atom stereocenters. The molecule has 0 unspecified atom stereocenters. The molecule has 0 aliphatic rings. The van der Waals surface area contributed by atoms with Crippen molar-refractivity contribution in [2.75, 3.05) is 0 Å². The number of ether oxygens (including phenoxy) is 1. The quantitative estimate of drug-likeness (QED) is 0.125. The summed E-state index contributed by atoms with van der Waals surface area (Å²) in [7, 11) is 0. The van der Waals surface area contributed by atoms with E-state index in [9.17, 15) is 4.79 Å². The molecule has 2 aromatic carbocycles. The van der Waals surface area contributed by atoms with E-state index in [4.69, 9.17) is 4.74 Å². The average Bonchev–Trinajstić information content (AvgIpc) is 2.87. The summed E-state index contributed by atoms with van der Waals surface area (Å²) in [5, 5.41) is 4.09. The Balaban J connectivity index is 1.46. The van der Waals surface area contributed by atoms with Gasteiger partial charge in [0.1, 0.15) is 12.4 Å². The first-order valence-corrected chi connectivity index (χ1v) is 13.8. The fraction of sp³-hybridized carbons (Fsp3) is 0.548. The molecule has 192 valence electrons. The maximum atomic E-state index is 12.0. The largest absolute Gasteiger partial charge is 0.489 e. The van der Waals surface area contributed by atoms with Gasteiger partial charge in [0.25, 0.3) is 0 Å². The second kappa shape index (κ2) is 18.7. The second-order valence-corrected chi connectivity index (χ2v) is 9.63. The number of hydrogen-bond acceptors (Lipinski definition) is 3. The summed E-state index contributed by atoms with van der Waals surface area (Å²) >= 11 is 0. The molecule has 2 rings (SSSR count). The Morgan fingerprint density at radius 1 is 0.771 bits per heavy atom. The third-order valence-electron chi connectivity index (χ3n) is 6.32. The minimum Gasteiger partial charge on any atom is -0.489 e. The molecule has 0 bridgehead atoms. The van der Waals surface area contributed by atoms with Crippen LogP contribution in [0, 0.1) is 6.92 Å². The molecule has 0 saturated carbocycles. The van der Waals surface area contributed by atoms with Gasteiger partial charge in [0.2, 0.25) is 5.91 Å². The van der Waals surface area contributed by atoms with E-state index in [1.165, 1.54) is 76.2 Å². The van der Waals surface area contributed by atoms with Crippen molar-refractivity contribution >= 4 is 12.1 Å². The van der Waals surface area contributed by atoms with Gasteiger partial charge < -0.3 is 4.74 Å². The lowest BCUT2D eigenvalue weighted by atomic mass is 10.0. The van der Waals surface area contributed by atoms with Gasteiger partial charge in [0, 0.05) is 6.42 Å².